The molecule has 10 aromatic carbocycles. The summed E-state index contributed by atoms with van der Waals surface area (Å²) in [6, 6.07) is 70.2. The van der Waals surface area contributed by atoms with Crippen LogP contribution in [0.1, 0.15) is 13.8 Å². The van der Waals surface area contributed by atoms with E-state index in [0.29, 0.717) is 22.1 Å². The fourth-order valence-electron chi connectivity index (χ4n) is 10.6. The van der Waals surface area contributed by atoms with E-state index < -0.39 is 0 Å². The molecule has 14 rings (SSSR count). The molecule has 4 aromatic heterocycles. The van der Waals surface area contributed by atoms with Crippen molar-refractivity contribution >= 4 is 76.5 Å². The summed E-state index contributed by atoms with van der Waals surface area (Å²) in [6.07, 6.45) is 0. The van der Waals surface area contributed by atoms with Gasteiger partial charge in [-0.1, -0.05) is 172 Å². The lowest BCUT2D eigenvalue weighted by Crippen LogP contribution is -2.13. The van der Waals surface area contributed by atoms with Crippen LogP contribution < -0.4 is 11.1 Å². The van der Waals surface area contributed by atoms with Crippen LogP contribution in [-0.4, -0.2) is 18.8 Å². The molecule has 0 fully saturated rings. The van der Waals surface area contributed by atoms with Crippen molar-refractivity contribution in [1.29, 1.82) is 0 Å². The van der Waals surface area contributed by atoms with Gasteiger partial charge in [-0.05, 0) is 104 Å². The summed E-state index contributed by atoms with van der Waals surface area (Å²) in [6.45, 7) is 4.00. The normalized spacial score (nSPS) is 11.8. The van der Waals surface area contributed by atoms with Gasteiger partial charge in [0.05, 0.1) is 22.1 Å². The molecule has 320 valence electrons. The van der Waals surface area contributed by atoms with Crippen LogP contribution in [0.3, 0.4) is 0 Å². The topological polar surface area (TPSA) is 68.7 Å². The molecular weight excluding hydrogens is 833 g/mol. The molecule has 0 radical (unpaired) electrons. The van der Waals surface area contributed by atoms with Gasteiger partial charge >= 0.3 is 0 Å². The van der Waals surface area contributed by atoms with Crippen molar-refractivity contribution in [2.75, 3.05) is 0 Å². The van der Waals surface area contributed by atoms with Crippen molar-refractivity contribution in [3.63, 3.8) is 0 Å². The average Bonchev–Trinajstić information content (AvgIpc) is 4.00. The number of benzene rings is 10. The predicted molar refractivity (Wildman–Crippen MR) is 282 cm³/mol. The van der Waals surface area contributed by atoms with E-state index in [1.165, 1.54) is 0 Å². The van der Waals surface area contributed by atoms with Crippen molar-refractivity contribution in [2.45, 2.75) is 13.8 Å². The highest BCUT2D eigenvalue weighted by Gasteiger charge is 2.24. The molecule has 14 aromatic rings. The summed E-state index contributed by atoms with van der Waals surface area (Å²) in [7, 11) is 0. The third kappa shape index (κ3) is 5.71. The molecule has 0 unspecified atom stereocenters. The molecule has 6 heteroatoms. The maximum atomic E-state index is 15.0. The second-order valence-electron chi connectivity index (χ2n) is 17.2. The van der Waals surface area contributed by atoms with Gasteiger partial charge in [0.15, 0.2) is 0 Å². The van der Waals surface area contributed by atoms with Gasteiger partial charge in [0.1, 0.15) is 11.3 Å². The minimum Gasteiger partial charge on any atom is -0.268 e. The van der Waals surface area contributed by atoms with Crippen LogP contribution in [0.4, 0.5) is 0 Å². The second-order valence-corrected chi connectivity index (χ2v) is 17.2. The number of aromatic nitrogens is 4. The Morgan fingerprint density at radius 1 is 0.309 bits per heavy atom. The lowest BCUT2D eigenvalue weighted by atomic mass is 9.90. The predicted octanol–water partition coefficient (Wildman–Crippen LogP) is 14.9. The zero-order valence-corrected chi connectivity index (χ0v) is 37.2. The van der Waals surface area contributed by atoms with Crippen LogP contribution in [0, 0.1) is 0 Å². The molecule has 0 aliphatic rings. The van der Waals surface area contributed by atoms with Crippen LogP contribution in [0.2, 0.25) is 0 Å². The molecule has 6 nitrogen and oxygen atoms in total. The van der Waals surface area contributed by atoms with E-state index in [4.69, 9.17) is 9.97 Å². The molecule has 0 bridgehead atoms. The average molecular weight is 873 g/mol. The highest BCUT2D eigenvalue weighted by atomic mass is 16.1. The van der Waals surface area contributed by atoms with Crippen molar-refractivity contribution in [2.24, 2.45) is 0 Å². The standard InChI is InChI=1S/C60H34N4O2.C2H6/c65-59-47-25-13-23-43-41(27-29-45(53(43)47)57-61-55-49(37-19-9-3-10-20-37)31-39(33-51(55)63(57)59)35-15-5-1-6-16-35)42-28-30-46-54-44(42)24-14-26-48(54)60(66)64-52-34-40(36-17-7-2-8-18-36)32-50(56(52)62-58(46)64)38-21-11-4-12-22-38;1-2/h1-34H;1-2H3. The van der Waals surface area contributed by atoms with Gasteiger partial charge in [0.2, 0.25) is 0 Å². The van der Waals surface area contributed by atoms with Crippen LogP contribution >= 0.6 is 0 Å². The second kappa shape index (κ2) is 15.3. The minimum atomic E-state index is -0.112. The Morgan fingerprint density at radius 3 is 1.04 bits per heavy atom. The SMILES string of the molecule is CC.O=c1c2cccc3c(-c4ccc5c6c4cccc6c(=O)n4c6cc(-c7ccccc7)cc(-c7ccccc7)c6nc54)ccc(c32)c2nc3c(-c4ccccc4)cc(-c4ccccc4)cc3n12. The molecule has 0 spiro atoms. The van der Waals surface area contributed by atoms with Gasteiger partial charge in [-0.3, -0.25) is 18.4 Å². The molecule has 0 saturated heterocycles. The van der Waals surface area contributed by atoms with Crippen molar-refractivity contribution < 1.29 is 0 Å². The zero-order chi connectivity index (χ0) is 45.6. The third-order valence-corrected chi connectivity index (χ3v) is 13.6. The first-order chi connectivity index (χ1) is 33.6. The molecule has 0 amide bonds. The monoisotopic (exact) mass is 872 g/mol. The van der Waals surface area contributed by atoms with Crippen LogP contribution in [0.25, 0.3) is 132 Å². The van der Waals surface area contributed by atoms with Gasteiger partial charge in [-0.15, -0.1) is 0 Å². The van der Waals surface area contributed by atoms with Crippen LogP contribution in [0.15, 0.2) is 216 Å². The van der Waals surface area contributed by atoms with Gasteiger partial charge < -0.3 is 0 Å². The zero-order valence-electron chi connectivity index (χ0n) is 37.2. The van der Waals surface area contributed by atoms with Crippen molar-refractivity contribution in [3.8, 4) is 55.6 Å². The molecule has 0 aliphatic carbocycles. The van der Waals surface area contributed by atoms with Gasteiger partial charge in [-0.2, -0.15) is 0 Å². The highest BCUT2D eigenvalue weighted by molar-refractivity contribution is 6.24. The number of nitrogens with zero attached hydrogens (tertiary/aromatic N) is 4. The summed E-state index contributed by atoms with van der Waals surface area (Å²) >= 11 is 0. The Hall–Kier alpha value is -9.00. The lowest BCUT2D eigenvalue weighted by molar-refractivity contribution is 1.19. The smallest absolute Gasteiger partial charge is 0.264 e. The first-order valence-corrected chi connectivity index (χ1v) is 23.2. The summed E-state index contributed by atoms with van der Waals surface area (Å²) in [5, 5.41) is 6.67. The van der Waals surface area contributed by atoms with E-state index in [9.17, 15) is 9.59 Å². The Labute approximate surface area is 390 Å². The number of rotatable bonds is 5. The molecule has 0 N–H and O–H groups in total. The fourth-order valence-corrected chi connectivity index (χ4v) is 10.6. The summed E-state index contributed by atoms with van der Waals surface area (Å²) < 4.78 is 3.61. The quantitative estimate of drug-likeness (QED) is 0.173. The number of hydrogen-bond acceptors (Lipinski definition) is 4. The molecule has 0 saturated carbocycles. The molecule has 4 heterocycles. The van der Waals surface area contributed by atoms with Crippen LogP contribution in [0.5, 0.6) is 0 Å². The first kappa shape index (κ1) is 39.4. The molecule has 68 heavy (non-hydrogen) atoms. The van der Waals surface area contributed by atoms with Crippen molar-refractivity contribution in [3.05, 3.63) is 227 Å². The van der Waals surface area contributed by atoms with Crippen molar-refractivity contribution in [1.82, 2.24) is 18.8 Å². The molecular formula is C62H40N4O2. The van der Waals surface area contributed by atoms with E-state index in [0.717, 1.165) is 110 Å². The van der Waals surface area contributed by atoms with Gasteiger partial charge in [0.25, 0.3) is 11.1 Å². The van der Waals surface area contributed by atoms with E-state index in [1.807, 2.05) is 111 Å². The lowest BCUT2D eigenvalue weighted by Gasteiger charge is -2.15. The number of hydrogen-bond donors (Lipinski definition) is 0. The number of fused-ring (bicyclic) bond motifs is 8. The maximum absolute atomic E-state index is 15.0. The van der Waals surface area contributed by atoms with E-state index in [2.05, 4.69) is 109 Å². The van der Waals surface area contributed by atoms with E-state index in [1.54, 1.807) is 8.80 Å². The van der Waals surface area contributed by atoms with Crippen LogP contribution in [-0.2, 0) is 0 Å². The Kier molecular flexibility index (Phi) is 8.86. The Morgan fingerprint density at radius 2 is 0.662 bits per heavy atom. The Bertz CT molecular complexity index is 4130. The maximum Gasteiger partial charge on any atom is 0.264 e. The third-order valence-electron chi connectivity index (χ3n) is 13.6. The minimum absolute atomic E-state index is 0.112. The van der Waals surface area contributed by atoms with E-state index in [-0.39, 0.29) is 11.1 Å². The number of pyridine rings is 2. The largest absolute Gasteiger partial charge is 0.268 e. The summed E-state index contributed by atoms with van der Waals surface area (Å²) in [4.78, 5) is 40.6. The van der Waals surface area contributed by atoms with Gasteiger partial charge in [-0.25, -0.2) is 9.97 Å². The summed E-state index contributed by atoms with van der Waals surface area (Å²) in [5.41, 5.74) is 14.2. The van der Waals surface area contributed by atoms with E-state index >= 15 is 0 Å². The molecule has 0 atom stereocenters. The fraction of sp³-hybridized carbons (Fsp3) is 0.0323. The van der Waals surface area contributed by atoms with Gasteiger partial charge in [0, 0.05) is 43.4 Å². The highest BCUT2D eigenvalue weighted by Crippen LogP contribution is 2.43. The Balaban J connectivity index is 0.00000226. The number of imidazole rings is 2. The summed E-state index contributed by atoms with van der Waals surface area (Å²) in [5.74, 6) is 0. The first-order valence-electron chi connectivity index (χ1n) is 23.2. The molecule has 0 aliphatic heterocycles.